The normalized spacial score (nSPS) is 16.6. The van der Waals surface area contributed by atoms with E-state index in [-0.39, 0.29) is 25.0 Å². The third-order valence-electron chi connectivity index (χ3n) is 4.39. The van der Waals surface area contributed by atoms with Crippen molar-refractivity contribution in [2.45, 2.75) is 32.4 Å². The Morgan fingerprint density at radius 1 is 1.21 bits per heavy atom. The van der Waals surface area contributed by atoms with Gasteiger partial charge in [-0.1, -0.05) is 18.2 Å². The summed E-state index contributed by atoms with van der Waals surface area (Å²) in [5, 5.41) is 2.74. The van der Waals surface area contributed by atoms with E-state index in [0.29, 0.717) is 5.56 Å². The molecule has 0 saturated carbocycles. The third kappa shape index (κ3) is 3.72. The van der Waals surface area contributed by atoms with Gasteiger partial charge in [0.1, 0.15) is 11.6 Å². The van der Waals surface area contributed by atoms with Crippen molar-refractivity contribution in [2.24, 2.45) is 0 Å². The SMILES string of the molecule is CC1CCc2ccccc2N1CC(=O)NCc1cc(F)cc(F)c1. The number of nitrogens with one attached hydrogen (secondary N) is 1. The highest BCUT2D eigenvalue weighted by atomic mass is 19.1. The Labute approximate surface area is 140 Å². The summed E-state index contributed by atoms with van der Waals surface area (Å²) >= 11 is 0. The van der Waals surface area contributed by atoms with Gasteiger partial charge < -0.3 is 10.2 Å². The Morgan fingerprint density at radius 2 is 1.92 bits per heavy atom. The fourth-order valence-corrected chi connectivity index (χ4v) is 3.13. The lowest BCUT2D eigenvalue weighted by Crippen LogP contribution is -2.44. The predicted molar refractivity (Wildman–Crippen MR) is 89.8 cm³/mol. The van der Waals surface area contributed by atoms with Gasteiger partial charge >= 0.3 is 0 Å². The van der Waals surface area contributed by atoms with Crippen molar-refractivity contribution in [1.82, 2.24) is 5.32 Å². The number of carbonyl (C=O) groups excluding carboxylic acids is 1. The van der Waals surface area contributed by atoms with E-state index in [1.165, 1.54) is 17.7 Å². The molecule has 3 rings (SSSR count). The van der Waals surface area contributed by atoms with Gasteiger partial charge in [-0.05, 0) is 49.1 Å². The van der Waals surface area contributed by atoms with Crippen LogP contribution < -0.4 is 10.2 Å². The van der Waals surface area contributed by atoms with Gasteiger partial charge in [0.05, 0.1) is 6.54 Å². The van der Waals surface area contributed by atoms with Crippen LogP contribution in [-0.2, 0) is 17.8 Å². The third-order valence-corrected chi connectivity index (χ3v) is 4.39. The number of amides is 1. The van der Waals surface area contributed by atoms with Gasteiger partial charge in [0, 0.05) is 24.3 Å². The molecule has 0 aromatic heterocycles. The first-order valence-electron chi connectivity index (χ1n) is 8.09. The molecule has 1 amide bonds. The van der Waals surface area contributed by atoms with Gasteiger partial charge in [-0.2, -0.15) is 0 Å². The van der Waals surface area contributed by atoms with Gasteiger partial charge in [-0.15, -0.1) is 0 Å². The second-order valence-corrected chi connectivity index (χ2v) is 6.20. The van der Waals surface area contributed by atoms with Crippen LogP contribution >= 0.6 is 0 Å². The van der Waals surface area contributed by atoms with Crippen LogP contribution in [0.4, 0.5) is 14.5 Å². The van der Waals surface area contributed by atoms with E-state index in [4.69, 9.17) is 0 Å². The molecule has 2 aromatic rings. The first-order chi connectivity index (χ1) is 11.5. The summed E-state index contributed by atoms with van der Waals surface area (Å²) in [4.78, 5) is 14.4. The van der Waals surface area contributed by atoms with Crippen LogP contribution in [-0.4, -0.2) is 18.5 Å². The van der Waals surface area contributed by atoms with Crippen LogP contribution in [0.3, 0.4) is 0 Å². The zero-order chi connectivity index (χ0) is 17.1. The van der Waals surface area contributed by atoms with Crippen molar-refractivity contribution in [2.75, 3.05) is 11.4 Å². The number of anilines is 1. The summed E-state index contributed by atoms with van der Waals surface area (Å²) in [6.45, 7) is 2.44. The van der Waals surface area contributed by atoms with Crippen molar-refractivity contribution in [1.29, 1.82) is 0 Å². The van der Waals surface area contributed by atoms with Gasteiger partial charge in [-0.25, -0.2) is 8.78 Å². The molecule has 5 heteroatoms. The van der Waals surface area contributed by atoms with E-state index in [0.717, 1.165) is 24.6 Å². The predicted octanol–water partition coefficient (Wildman–Crippen LogP) is 3.42. The zero-order valence-corrected chi connectivity index (χ0v) is 13.6. The second kappa shape index (κ2) is 6.99. The average molecular weight is 330 g/mol. The summed E-state index contributed by atoms with van der Waals surface area (Å²) in [6, 6.07) is 11.6. The number of rotatable bonds is 4. The lowest BCUT2D eigenvalue weighted by Gasteiger charge is -2.36. The smallest absolute Gasteiger partial charge is 0.239 e. The van der Waals surface area contributed by atoms with Crippen molar-refractivity contribution in [3.63, 3.8) is 0 Å². The Balaban J connectivity index is 1.64. The van der Waals surface area contributed by atoms with Crippen molar-refractivity contribution in [3.05, 3.63) is 65.2 Å². The number of benzene rings is 2. The van der Waals surface area contributed by atoms with E-state index in [1.807, 2.05) is 18.2 Å². The summed E-state index contributed by atoms with van der Waals surface area (Å²) < 4.78 is 26.4. The maximum atomic E-state index is 13.2. The van der Waals surface area contributed by atoms with E-state index in [2.05, 4.69) is 23.2 Å². The molecular weight excluding hydrogens is 310 g/mol. The second-order valence-electron chi connectivity index (χ2n) is 6.20. The summed E-state index contributed by atoms with van der Waals surface area (Å²) in [6.07, 6.45) is 2.01. The quantitative estimate of drug-likeness (QED) is 0.932. The Kier molecular flexibility index (Phi) is 4.79. The molecule has 1 N–H and O–H groups in total. The van der Waals surface area contributed by atoms with Crippen molar-refractivity contribution >= 4 is 11.6 Å². The molecule has 1 aliphatic rings. The number of nitrogens with zero attached hydrogens (tertiary/aromatic N) is 1. The molecule has 0 fully saturated rings. The maximum absolute atomic E-state index is 13.2. The Hall–Kier alpha value is -2.43. The Bertz CT molecular complexity index is 728. The number of halogens is 2. The summed E-state index contributed by atoms with van der Waals surface area (Å²) in [7, 11) is 0. The number of carbonyl (C=O) groups is 1. The van der Waals surface area contributed by atoms with Crippen molar-refractivity contribution in [3.8, 4) is 0 Å². The molecule has 0 bridgehead atoms. The molecule has 0 radical (unpaired) electrons. The maximum Gasteiger partial charge on any atom is 0.239 e. The largest absolute Gasteiger partial charge is 0.359 e. The van der Waals surface area contributed by atoms with Crippen LogP contribution in [0.1, 0.15) is 24.5 Å². The van der Waals surface area contributed by atoms with Crippen LogP contribution in [0.25, 0.3) is 0 Å². The fraction of sp³-hybridized carbons (Fsp3) is 0.316. The first kappa shape index (κ1) is 16.4. The van der Waals surface area contributed by atoms with Gasteiger partial charge in [0.2, 0.25) is 5.91 Å². The highest BCUT2D eigenvalue weighted by Gasteiger charge is 2.24. The molecule has 0 spiro atoms. The van der Waals surface area contributed by atoms with E-state index in [1.54, 1.807) is 0 Å². The highest BCUT2D eigenvalue weighted by Crippen LogP contribution is 2.29. The number of fused-ring (bicyclic) bond motifs is 1. The lowest BCUT2D eigenvalue weighted by molar-refractivity contribution is -0.120. The topological polar surface area (TPSA) is 32.3 Å². The molecule has 0 aliphatic carbocycles. The molecule has 1 unspecified atom stereocenters. The molecule has 0 saturated heterocycles. The van der Waals surface area contributed by atoms with Crippen molar-refractivity contribution < 1.29 is 13.6 Å². The molecule has 2 aromatic carbocycles. The van der Waals surface area contributed by atoms with Crippen LogP contribution in [0.5, 0.6) is 0 Å². The summed E-state index contributed by atoms with van der Waals surface area (Å²) in [5.41, 5.74) is 2.74. The minimum Gasteiger partial charge on any atom is -0.359 e. The molecule has 1 atom stereocenters. The van der Waals surface area contributed by atoms with E-state index in [9.17, 15) is 13.6 Å². The monoisotopic (exact) mass is 330 g/mol. The minimum atomic E-state index is -0.641. The number of hydrogen-bond donors (Lipinski definition) is 1. The standard InChI is InChI=1S/C19H20F2N2O/c1-13-6-7-15-4-2-3-5-18(15)23(13)12-19(24)22-11-14-8-16(20)10-17(21)9-14/h2-5,8-10,13H,6-7,11-12H2,1H3,(H,22,24). The van der Waals surface area contributed by atoms with Crippen LogP contribution in [0.15, 0.2) is 42.5 Å². The highest BCUT2D eigenvalue weighted by molar-refractivity contribution is 5.82. The average Bonchev–Trinajstić information content (AvgIpc) is 2.55. The van der Waals surface area contributed by atoms with Crippen LogP contribution in [0, 0.1) is 11.6 Å². The minimum absolute atomic E-state index is 0.109. The molecule has 1 heterocycles. The number of para-hydroxylation sites is 1. The number of aryl methyl sites for hydroxylation is 1. The van der Waals surface area contributed by atoms with E-state index >= 15 is 0 Å². The van der Waals surface area contributed by atoms with Crippen LogP contribution in [0.2, 0.25) is 0 Å². The first-order valence-corrected chi connectivity index (χ1v) is 8.09. The summed E-state index contributed by atoms with van der Waals surface area (Å²) in [5.74, 6) is -1.45. The van der Waals surface area contributed by atoms with Gasteiger partial charge in [0.25, 0.3) is 0 Å². The molecule has 126 valence electrons. The lowest BCUT2D eigenvalue weighted by atomic mass is 9.96. The zero-order valence-electron chi connectivity index (χ0n) is 13.6. The Morgan fingerprint density at radius 3 is 2.67 bits per heavy atom. The molecule has 24 heavy (non-hydrogen) atoms. The van der Waals surface area contributed by atoms with Gasteiger partial charge in [0.15, 0.2) is 0 Å². The van der Waals surface area contributed by atoms with Gasteiger partial charge in [-0.3, -0.25) is 4.79 Å². The number of hydrogen-bond acceptors (Lipinski definition) is 2. The van der Waals surface area contributed by atoms with E-state index < -0.39 is 11.6 Å². The molecule has 3 nitrogen and oxygen atoms in total. The molecular formula is C19H20F2N2O. The molecule has 1 aliphatic heterocycles. The fourth-order valence-electron chi connectivity index (χ4n) is 3.13.